The van der Waals surface area contributed by atoms with Gasteiger partial charge in [-0.25, -0.2) is 4.39 Å². The lowest BCUT2D eigenvalue weighted by Gasteiger charge is -2.11. The van der Waals surface area contributed by atoms with E-state index in [4.69, 9.17) is 9.47 Å². The van der Waals surface area contributed by atoms with Crippen molar-refractivity contribution in [2.24, 2.45) is 5.92 Å². The van der Waals surface area contributed by atoms with Crippen molar-refractivity contribution in [1.29, 1.82) is 0 Å². The highest BCUT2D eigenvalue weighted by Gasteiger charge is 2.09. The third kappa shape index (κ3) is 8.17. The molecule has 0 bridgehead atoms. The van der Waals surface area contributed by atoms with Crippen LogP contribution in [0.2, 0.25) is 0 Å². The fraction of sp³-hybridized carbons (Fsp3) is 0.500. The molecule has 3 nitrogen and oxygen atoms in total. The van der Waals surface area contributed by atoms with Crippen LogP contribution in [-0.4, -0.2) is 12.6 Å². The number of benzene rings is 2. The van der Waals surface area contributed by atoms with Gasteiger partial charge in [0, 0.05) is 6.42 Å². The van der Waals surface area contributed by atoms with Crippen LogP contribution in [0.25, 0.3) is 11.1 Å². The monoisotopic (exact) mass is 414 g/mol. The fourth-order valence-corrected chi connectivity index (χ4v) is 3.21. The summed E-state index contributed by atoms with van der Waals surface area (Å²) in [6, 6.07) is 12.2. The molecule has 0 aliphatic rings. The second-order valence-corrected chi connectivity index (χ2v) is 7.96. The number of hydrogen-bond donors (Lipinski definition) is 0. The lowest BCUT2D eigenvalue weighted by molar-refractivity contribution is -0.134. The first kappa shape index (κ1) is 23.9. The van der Waals surface area contributed by atoms with E-state index < -0.39 is 0 Å². The summed E-state index contributed by atoms with van der Waals surface area (Å²) in [4.78, 5) is 11.9. The van der Waals surface area contributed by atoms with E-state index in [-0.39, 0.29) is 17.5 Å². The van der Waals surface area contributed by atoms with E-state index in [0.29, 0.717) is 24.7 Å². The molecule has 0 spiro atoms. The fourth-order valence-electron chi connectivity index (χ4n) is 3.21. The molecule has 0 aliphatic heterocycles. The molecule has 0 fully saturated rings. The molecule has 0 heterocycles. The molecule has 30 heavy (non-hydrogen) atoms. The van der Waals surface area contributed by atoms with Crippen LogP contribution in [-0.2, 0) is 4.79 Å². The minimum absolute atomic E-state index is 0.209. The Kier molecular flexibility index (Phi) is 10.4. The average Bonchev–Trinajstić information content (AvgIpc) is 2.75. The Bertz CT molecular complexity index is 770. The van der Waals surface area contributed by atoms with Crippen molar-refractivity contribution in [2.75, 3.05) is 6.61 Å². The van der Waals surface area contributed by atoms with E-state index in [9.17, 15) is 9.18 Å². The Labute approximate surface area is 180 Å². The summed E-state index contributed by atoms with van der Waals surface area (Å²) in [5.41, 5.74) is 1.62. The maximum absolute atomic E-state index is 14.4. The molecule has 0 saturated carbocycles. The number of carbonyl (C=O) groups excluding carboxylic acids is 1. The van der Waals surface area contributed by atoms with Crippen molar-refractivity contribution in [3.63, 3.8) is 0 Å². The van der Waals surface area contributed by atoms with Crippen LogP contribution in [0.4, 0.5) is 4.39 Å². The van der Waals surface area contributed by atoms with Crippen molar-refractivity contribution in [1.82, 2.24) is 0 Å². The zero-order valence-electron chi connectivity index (χ0n) is 18.6. The zero-order chi connectivity index (χ0) is 21.8. The van der Waals surface area contributed by atoms with E-state index in [1.807, 2.05) is 18.2 Å². The Morgan fingerprint density at radius 3 is 2.37 bits per heavy atom. The first-order valence-electron chi connectivity index (χ1n) is 11.3. The van der Waals surface area contributed by atoms with Gasteiger partial charge in [0.1, 0.15) is 5.75 Å². The normalized spacial score (nSPS) is 11.9. The summed E-state index contributed by atoms with van der Waals surface area (Å²) in [5, 5.41) is 0. The summed E-state index contributed by atoms with van der Waals surface area (Å²) in [7, 11) is 0. The predicted molar refractivity (Wildman–Crippen MR) is 120 cm³/mol. The molecular formula is C26H35FO3. The standard InChI is InChI=1S/C26H35FO3/c1-4-6-7-8-11-26(28)30-23-15-12-21(13-16-23)22-14-17-25(24(27)19-22)29-18-9-10-20(3)5-2/h12-17,19-20H,4-11,18H2,1-3H3/t20-/m0/s1. The van der Waals surface area contributed by atoms with Gasteiger partial charge in [-0.1, -0.05) is 64.7 Å². The van der Waals surface area contributed by atoms with Crippen LogP contribution in [0, 0.1) is 11.7 Å². The number of esters is 1. The highest BCUT2D eigenvalue weighted by Crippen LogP contribution is 2.27. The van der Waals surface area contributed by atoms with Gasteiger partial charge in [-0.15, -0.1) is 0 Å². The summed E-state index contributed by atoms with van der Waals surface area (Å²) in [6.07, 6.45) is 7.79. The SMILES string of the molecule is CCCCCCC(=O)Oc1ccc(-c2ccc(OCCC[C@@H](C)CC)c(F)c2)cc1. The van der Waals surface area contributed by atoms with Crippen LogP contribution >= 0.6 is 0 Å². The van der Waals surface area contributed by atoms with Crippen molar-refractivity contribution < 1.29 is 18.7 Å². The third-order valence-corrected chi connectivity index (χ3v) is 5.38. The van der Waals surface area contributed by atoms with E-state index in [2.05, 4.69) is 20.8 Å². The summed E-state index contributed by atoms with van der Waals surface area (Å²) >= 11 is 0. The smallest absolute Gasteiger partial charge is 0.311 e. The second-order valence-electron chi connectivity index (χ2n) is 7.96. The van der Waals surface area contributed by atoms with Gasteiger partial charge < -0.3 is 9.47 Å². The lowest BCUT2D eigenvalue weighted by atomic mass is 10.0. The molecule has 0 saturated heterocycles. The molecule has 4 heteroatoms. The second kappa shape index (κ2) is 13.0. The molecule has 0 unspecified atom stereocenters. The van der Waals surface area contributed by atoms with Crippen molar-refractivity contribution in [3.8, 4) is 22.6 Å². The molecular weight excluding hydrogens is 379 g/mol. The number of ether oxygens (including phenoxy) is 2. The Balaban J connectivity index is 1.87. The summed E-state index contributed by atoms with van der Waals surface area (Å²) in [5.74, 6) is 0.903. The highest BCUT2D eigenvalue weighted by atomic mass is 19.1. The first-order chi connectivity index (χ1) is 14.5. The van der Waals surface area contributed by atoms with Gasteiger partial charge in [0.25, 0.3) is 0 Å². The van der Waals surface area contributed by atoms with Crippen molar-refractivity contribution in [2.45, 2.75) is 72.1 Å². The molecule has 0 amide bonds. The number of hydrogen-bond acceptors (Lipinski definition) is 3. The third-order valence-electron chi connectivity index (χ3n) is 5.38. The minimum atomic E-state index is -0.362. The van der Waals surface area contributed by atoms with Gasteiger partial charge in [0.05, 0.1) is 6.61 Å². The maximum atomic E-state index is 14.4. The van der Waals surface area contributed by atoms with Crippen molar-refractivity contribution in [3.05, 3.63) is 48.3 Å². The minimum Gasteiger partial charge on any atom is -0.491 e. The molecule has 0 aliphatic carbocycles. The van der Waals surface area contributed by atoms with Gasteiger partial charge in [0.2, 0.25) is 0 Å². The zero-order valence-corrected chi connectivity index (χ0v) is 18.6. The molecule has 0 aromatic heterocycles. The van der Waals surface area contributed by atoms with E-state index in [0.717, 1.165) is 56.1 Å². The average molecular weight is 415 g/mol. The van der Waals surface area contributed by atoms with Gasteiger partial charge >= 0.3 is 5.97 Å². The predicted octanol–water partition coefficient (Wildman–Crippen LogP) is 7.57. The topological polar surface area (TPSA) is 35.5 Å². The highest BCUT2D eigenvalue weighted by molar-refractivity contribution is 5.73. The summed E-state index contributed by atoms with van der Waals surface area (Å²) < 4.78 is 25.4. The number of carbonyl (C=O) groups is 1. The Morgan fingerprint density at radius 2 is 1.70 bits per heavy atom. The molecule has 2 aromatic rings. The van der Waals surface area contributed by atoms with Crippen LogP contribution < -0.4 is 9.47 Å². The number of halogens is 1. The van der Waals surface area contributed by atoms with Gasteiger partial charge in [0.15, 0.2) is 11.6 Å². The molecule has 0 N–H and O–H groups in total. The number of rotatable bonds is 13. The van der Waals surface area contributed by atoms with E-state index in [1.165, 1.54) is 6.07 Å². The summed E-state index contributed by atoms with van der Waals surface area (Å²) in [6.45, 7) is 7.06. The lowest BCUT2D eigenvalue weighted by Crippen LogP contribution is -2.07. The molecule has 0 radical (unpaired) electrons. The Hall–Kier alpha value is -2.36. The van der Waals surface area contributed by atoms with Crippen LogP contribution in [0.3, 0.4) is 0 Å². The van der Waals surface area contributed by atoms with Crippen LogP contribution in [0.1, 0.15) is 72.1 Å². The molecule has 2 aromatic carbocycles. The van der Waals surface area contributed by atoms with E-state index in [1.54, 1.807) is 18.2 Å². The number of unbranched alkanes of at least 4 members (excludes halogenated alkanes) is 3. The largest absolute Gasteiger partial charge is 0.491 e. The molecule has 1 atom stereocenters. The first-order valence-corrected chi connectivity index (χ1v) is 11.3. The molecule has 164 valence electrons. The van der Waals surface area contributed by atoms with Crippen molar-refractivity contribution >= 4 is 5.97 Å². The maximum Gasteiger partial charge on any atom is 0.311 e. The Morgan fingerprint density at radius 1 is 0.967 bits per heavy atom. The van der Waals surface area contributed by atoms with E-state index >= 15 is 0 Å². The van der Waals surface area contributed by atoms with Gasteiger partial charge in [-0.05, 0) is 60.6 Å². The molecule has 2 rings (SSSR count). The quantitative estimate of drug-likeness (QED) is 0.193. The van der Waals surface area contributed by atoms with Gasteiger partial charge in [-0.2, -0.15) is 0 Å². The van der Waals surface area contributed by atoms with Crippen LogP contribution in [0.15, 0.2) is 42.5 Å². The van der Waals surface area contributed by atoms with Crippen LogP contribution in [0.5, 0.6) is 11.5 Å². The van der Waals surface area contributed by atoms with Gasteiger partial charge in [-0.3, -0.25) is 4.79 Å².